The number of rotatable bonds is 4. The second-order valence-electron chi connectivity index (χ2n) is 4.96. The fraction of sp³-hybridized carbons (Fsp3) is 0.615. The summed E-state index contributed by atoms with van der Waals surface area (Å²) in [7, 11) is 0. The van der Waals surface area contributed by atoms with E-state index in [2.05, 4.69) is 22.7 Å². The summed E-state index contributed by atoms with van der Waals surface area (Å²) in [5, 5.41) is 3.41. The van der Waals surface area contributed by atoms with Gasteiger partial charge in [0.05, 0.1) is 0 Å². The number of hydrogen-bond acceptors (Lipinski definition) is 4. The number of pyridine rings is 1. The number of nitrogens with two attached hydrogens (primary N) is 1. The second-order valence-corrected chi connectivity index (χ2v) is 4.96. The van der Waals surface area contributed by atoms with Crippen LogP contribution in [0.2, 0.25) is 0 Å². The van der Waals surface area contributed by atoms with Crippen LogP contribution in [0, 0.1) is 11.8 Å². The van der Waals surface area contributed by atoms with Crippen molar-refractivity contribution < 1.29 is 0 Å². The molecule has 1 saturated carbocycles. The van der Waals surface area contributed by atoms with E-state index >= 15 is 0 Å². The number of hydrazine groups is 1. The maximum atomic E-state index is 5.34. The molecule has 4 nitrogen and oxygen atoms in total. The van der Waals surface area contributed by atoms with Crippen LogP contribution in [0.5, 0.6) is 0 Å². The van der Waals surface area contributed by atoms with E-state index in [1.807, 2.05) is 18.2 Å². The molecule has 2 rings (SSSR count). The monoisotopic (exact) mass is 234 g/mol. The normalized spacial score (nSPS) is 24.4. The SMILES string of the molecule is CC1CCCCC1CNc1cccc(NN)n1. The molecule has 1 aromatic heterocycles. The van der Waals surface area contributed by atoms with Gasteiger partial charge in [-0.3, -0.25) is 0 Å². The lowest BCUT2D eigenvalue weighted by Gasteiger charge is -2.28. The van der Waals surface area contributed by atoms with Crippen LogP contribution in [-0.2, 0) is 0 Å². The average molecular weight is 234 g/mol. The van der Waals surface area contributed by atoms with Gasteiger partial charge in [-0.2, -0.15) is 0 Å². The number of hydrogen-bond donors (Lipinski definition) is 3. The summed E-state index contributed by atoms with van der Waals surface area (Å²) in [6.07, 6.45) is 5.46. The Morgan fingerprint density at radius 1 is 1.29 bits per heavy atom. The number of nitrogens with zero attached hydrogens (tertiary/aromatic N) is 1. The number of anilines is 2. The van der Waals surface area contributed by atoms with E-state index in [-0.39, 0.29) is 0 Å². The molecule has 1 fully saturated rings. The first kappa shape index (κ1) is 12.2. The van der Waals surface area contributed by atoms with Crippen molar-refractivity contribution in [2.24, 2.45) is 17.7 Å². The van der Waals surface area contributed by atoms with E-state index in [9.17, 15) is 0 Å². The van der Waals surface area contributed by atoms with Gasteiger partial charge in [0.1, 0.15) is 11.6 Å². The third-order valence-corrected chi connectivity index (χ3v) is 3.73. The predicted molar refractivity (Wildman–Crippen MR) is 71.7 cm³/mol. The highest BCUT2D eigenvalue weighted by atomic mass is 15.3. The van der Waals surface area contributed by atoms with Gasteiger partial charge < -0.3 is 10.7 Å². The molecule has 0 amide bonds. The van der Waals surface area contributed by atoms with E-state index in [1.54, 1.807) is 0 Å². The summed E-state index contributed by atoms with van der Waals surface area (Å²) in [6, 6.07) is 5.79. The predicted octanol–water partition coefficient (Wildman–Crippen LogP) is 2.61. The molecule has 4 N–H and O–H groups in total. The van der Waals surface area contributed by atoms with Crippen molar-refractivity contribution >= 4 is 11.6 Å². The van der Waals surface area contributed by atoms with Gasteiger partial charge in [-0.05, 0) is 30.4 Å². The van der Waals surface area contributed by atoms with Crippen LogP contribution in [0.1, 0.15) is 32.6 Å². The molecule has 0 aliphatic heterocycles. The molecule has 2 unspecified atom stereocenters. The summed E-state index contributed by atoms with van der Waals surface area (Å²) >= 11 is 0. The average Bonchev–Trinajstić information content (AvgIpc) is 2.38. The third kappa shape index (κ3) is 3.33. The van der Waals surface area contributed by atoms with Gasteiger partial charge in [-0.15, -0.1) is 0 Å². The Bertz CT molecular complexity index is 353. The van der Waals surface area contributed by atoms with Crippen LogP contribution in [0.4, 0.5) is 11.6 Å². The molecule has 0 saturated heterocycles. The van der Waals surface area contributed by atoms with Gasteiger partial charge in [0.15, 0.2) is 0 Å². The molecule has 17 heavy (non-hydrogen) atoms. The molecule has 0 aromatic carbocycles. The quantitative estimate of drug-likeness (QED) is 0.553. The lowest BCUT2D eigenvalue weighted by molar-refractivity contribution is 0.268. The molecule has 0 radical (unpaired) electrons. The highest BCUT2D eigenvalue weighted by Gasteiger charge is 2.20. The summed E-state index contributed by atoms with van der Waals surface area (Å²) in [4.78, 5) is 4.35. The lowest BCUT2D eigenvalue weighted by Crippen LogP contribution is -2.24. The van der Waals surface area contributed by atoms with Crippen molar-refractivity contribution in [3.63, 3.8) is 0 Å². The number of nitrogen functional groups attached to an aromatic ring is 1. The highest BCUT2D eigenvalue weighted by molar-refractivity contribution is 5.44. The topological polar surface area (TPSA) is 63.0 Å². The van der Waals surface area contributed by atoms with Crippen molar-refractivity contribution in [1.29, 1.82) is 0 Å². The minimum absolute atomic E-state index is 0.701. The second kappa shape index (κ2) is 5.87. The van der Waals surface area contributed by atoms with Gasteiger partial charge >= 0.3 is 0 Å². The van der Waals surface area contributed by atoms with E-state index < -0.39 is 0 Å². The van der Waals surface area contributed by atoms with Gasteiger partial charge in [-0.1, -0.05) is 32.3 Å². The first-order valence-electron chi connectivity index (χ1n) is 6.47. The fourth-order valence-electron chi connectivity index (χ4n) is 2.55. The minimum Gasteiger partial charge on any atom is -0.370 e. The smallest absolute Gasteiger partial charge is 0.142 e. The molecule has 1 aliphatic rings. The van der Waals surface area contributed by atoms with E-state index in [0.29, 0.717) is 5.82 Å². The molecular formula is C13H22N4. The maximum absolute atomic E-state index is 5.34. The van der Waals surface area contributed by atoms with Gasteiger partial charge in [0, 0.05) is 6.54 Å². The molecule has 1 heterocycles. The molecule has 0 spiro atoms. The number of nitrogens with one attached hydrogen (secondary N) is 2. The molecule has 1 aliphatic carbocycles. The van der Waals surface area contributed by atoms with Crippen LogP contribution in [0.15, 0.2) is 18.2 Å². The van der Waals surface area contributed by atoms with Crippen LogP contribution in [-0.4, -0.2) is 11.5 Å². The lowest BCUT2D eigenvalue weighted by atomic mass is 9.80. The fourth-order valence-corrected chi connectivity index (χ4v) is 2.55. The molecule has 4 heteroatoms. The van der Waals surface area contributed by atoms with Crippen molar-refractivity contribution in [1.82, 2.24) is 4.98 Å². The molecule has 2 atom stereocenters. The zero-order valence-corrected chi connectivity index (χ0v) is 10.4. The summed E-state index contributed by atoms with van der Waals surface area (Å²) in [5.74, 6) is 8.55. The van der Waals surface area contributed by atoms with Crippen LogP contribution < -0.4 is 16.6 Å². The Morgan fingerprint density at radius 3 is 2.82 bits per heavy atom. The first-order valence-corrected chi connectivity index (χ1v) is 6.47. The van der Waals surface area contributed by atoms with E-state index in [0.717, 1.165) is 24.2 Å². The Hall–Kier alpha value is -1.29. The van der Waals surface area contributed by atoms with E-state index in [1.165, 1.54) is 25.7 Å². The van der Waals surface area contributed by atoms with E-state index in [4.69, 9.17) is 5.84 Å². The van der Waals surface area contributed by atoms with Crippen molar-refractivity contribution in [2.45, 2.75) is 32.6 Å². The highest BCUT2D eigenvalue weighted by Crippen LogP contribution is 2.29. The summed E-state index contributed by atoms with van der Waals surface area (Å²) < 4.78 is 0. The Kier molecular flexibility index (Phi) is 4.20. The first-order chi connectivity index (χ1) is 8.29. The molecule has 94 valence electrons. The maximum Gasteiger partial charge on any atom is 0.142 e. The Labute approximate surface area is 103 Å². The zero-order valence-electron chi connectivity index (χ0n) is 10.4. The summed E-state index contributed by atoms with van der Waals surface area (Å²) in [6.45, 7) is 3.37. The van der Waals surface area contributed by atoms with Gasteiger partial charge in [-0.25, -0.2) is 10.8 Å². The summed E-state index contributed by atoms with van der Waals surface area (Å²) in [5.41, 5.74) is 2.56. The zero-order chi connectivity index (χ0) is 12.1. The van der Waals surface area contributed by atoms with Gasteiger partial charge in [0.25, 0.3) is 0 Å². The molecular weight excluding hydrogens is 212 g/mol. The largest absolute Gasteiger partial charge is 0.370 e. The van der Waals surface area contributed by atoms with Gasteiger partial charge in [0.2, 0.25) is 0 Å². The molecule has 1 aromatic rings. The molecule has 0 bridgehead atoms. The minimum atomic E-state index is 0.701. The van der Waals surface area contributed by atoms with Crippen LogP contribution >= 0.6 is 0 Å². The van der Waals surface area contributed by atoms with Crippen LogP contribution in [0.3, 0.4) is 0 Å². The van der Waals surface area contributed by atoms with Crippen molar-refractivity contribution in [2.75, 3.05) is 17.3 Å². The Morgan fingerprint density at radius 2 is 2.06 bits per heavy atom. The van der Waals surface area contributed by atoms with Crippen LogP contribution in [0.25, 0.3) is 0 Å². The Balaban J connectivity index is 1.88. The standard InChI is InChI=1S/C13H22N4/c1-10-5-2-3-6-11(10)9-15-12-7-4-8-13(16-12)17-14/h4,7-8,10-11H,2-3,5-6,9,14H2,1H3,(H2,15,16,17). The van der Waals surface area contributed by atoms with Crippen molar-refractivity contribution in [3.8, 4) is 0 Å². The number of aromatic nitrogens is 1. The third-order valence-electron chi connectivity index (χ3n) is 3.73. The van der Waals surface area contributed by atoms with Crippen molar-refractivity contribution in [3.05, 3.63) is 18.2 Å².